The van der Waals surface area contributed by atoms with E-state index in [4.69, 9.17) is 11.6 Å². The van der Waals surface area contributed by atoms with Gasteiger partial charge in [0.15, 0.2) is 5.82 Å². The molecule has 0 bridgehead atoms. The molecule has 0 saturated heterocycles. The van der Waals surface area contributed by atoms with Gasteiger partial charge in [0.1, 0.15) is 5.82 Å². The zero-order valence-electron chi connectivity index (χ0n) is 14.2. The summed E-state index contributed by atoms with van der Waals surface area (Å²) in [5.41, 5.74) is 0. The molecule has 1 fully saturated rings. The monoisotopic (exact) mass is 379 g/mol. The molecule has 0 radical (unpaired) electrons. The molecule has 25 heavy (non-hydrogen) atoms. The summed E-state index contributed by atoms with van der Waals surface area (Å²) in [7, 11) is 0. The standard InChI is InChI=1S/C17H22ClN5OS/c1-11-15-20-21-16(12-4-2-3-5-12)23(15)9-8-22(11)17(24)19-10-13-6-7-14(18)25-13/h6-7,11-12H,2-5,8-10H2,1H3,(H,19,24). The second-order valence-corrected chi connectivity index (χ2v) is 8.58. The van der Waals surface area contributed by atoms with Crippen LogP contribution in [0.5, 0.6) is 0 Å². The molecule has 2 aromatic heterocycles. The first-order valence-electron chi connectivity index (χ1n) is 8.85. The van der Waals surface area contributed by atoms with Crippen molar-refractivity contribution in [3.8, 4) is 0 Å². The van der Waals surface area contributed by atoms with Crippen molar-refractivity contribution in [3.05, 3.63) is 33.0 Å². The molecule has 1 unspecified atom stereocenters. The summed E-state index contributed by atoms with van der Waals surface area (Å²) in [5.74, 6) is 2.56. The number of fused-ring (bicyclic) bond motifs is 1. The van der Waals surface area contributed by atoms with Crippen molar-refractivity contribution < 1.29 is 4.79 Å². The third kappa shape index (κ3) is 3.27. The number of amides is 2. The summed E-state index contributed by atoms with van der Waals surface area (Å²) in [6.07, 6.45) is 4.98. The van der Waals surface area contributed by atoms with E-state index in [1.165, 1.54) is 37.0 Å². The summed E-state index contributed by atoms with van der Waals surface area (Å²) in [6, 6.07) is 3.67. The van der Waals surface area contributed by atoms with E-state index in [2.05, 4.69) is 20.1 Å². The lowest BCUT2D eigenvalue weighted by Crippen LogP contribution is -2.46. The molecular weight excluding hydrogens is 358 g/mol. The topological polar surface area (TPSA) is 63.1 Å². The third-order valence-electron chi connectivity index (χ3n) is 5.24. The van der Waals surface area contributed by atoms with Crippen molar-refractivity contribution in [2.24, 2.45) is 0 Å². The maximum absolute atomic E-state index is 12.6. The van der Waals surface area contributed by atoms with Gasteiger partial charge in [0.05, 0.1) is 16.9 Å². The highest BCUT2D eigenvalue weighted by Gasteiger charge is 2.33. The lowest BCUT2D eigenvalue weighted by Gasteiger charge is -2.34. The van der Waals surface area contributed by atoms with Crippen molar-refractivity contribution in [2.75, 3.05) is 6.54 Å². The fourth-order valence-electron chi connectivity index (χ4n) is 3.88. The number of aromatic nitrogens is 3. The van der Waals surface area contributed by atoms with E-state index < -0.39 is 0 Å². The molecule has 0 aromatic carbocycles. The van der Waals surface area contributed by atoms with Crippen molar-refractivity contribution >= 4 is 29.0 Å². The maximum atomic E-state index is 12.6. The first-order chi connectivity index (χ1) is 12.1. The SMILES string of the molecule is CC1c2nnc(C3CCCC3)n2CCN1C(=O)NCc1ccc(Cl)s1. The number of nitrogens with one attached hydrogen (secondary N) is 1. The van der Waals surface area contributed by atoms with Gasteiger partial charge in [-0.3, -0.25) is 0 Å². The molecule has 2 aliphatic rings. The van der Waals surface area contributed by atoms with Gasteiger partial charge in [-0.1, -0.05) is 24.4 Å². The molecule has 0 spiro atoms. The largest absolute Gasteiger partial charge is 0.333 e. The van der Waals surface area contributed by atoms with Gasteiger partial charge < -0.3 is 14.8 Å². The molecule has 1 N–H and O–H groups in total. The van der Waals surface area contributed by atoms with Gasteiger partial charge in [-0.15, -0.1) is 21.5 Å². The van der Waals surface area contributed by atoms with Gasteiger partial charge in [0.2, 0.25) is 0 Å². The summed E-state index contributed by atoms with van der Waals surface area (Å²) in [6.45, 7) is 3.98. The van der Waals surface area contributed by atoms with Gasteiger partial charge in [0.25, 0.3) is 0 Å². The molecule has 6 nitrogen and oxygen atoms in total. The summed E-state index contributed by atoms with van der Waals surface area (Å²) in [5, 5.41) is 11.9. The number of carbonyl (C=O) groups is 1. The third-order valence-corrected chi connectivity index (χ3v) is 6.47. The smallest absolute Gasteiger partial charge is 0.318 e. The fourth-order valence-corrected chi connectivity index (χ4v) is 4.91. The first kappa shape index (κ1) is 16.8. The summed E-state index contributed by atoms with van der Waals surface area (Å²) in [4.78, 5) is 15.5. The Bertz CT molecular complexity index is 767. The zero-order chi connectivity index (χ0) is 17.4. The Morgan fingerprint density at radius 1 is 1.28 bits per heavy atom. The Hall–Kier alpha value is -1.60. The van der Waals surface area contributed by atoms with E-state index in [9.17, 15) is 4.79 Å². The Balaban J connectivity index is 1.44. The Morgan fingerprint density at radius 2 is 2.04 bits per heavy atom. The molecule has 4 rings (SSSR count). The molecule has 1 aliphatic carbocycles. The minimum Gasteiger partial charge on any atom is -0.333 e. The zero-order valence-corrected chi connectivity index (χ0v) is 15.8. The molecule has 134 valence electrons. The Labute approximate surface area is 156 Å². The van der Waals surface area contributed by atoms with Gasteiger partial charge in [-0.25, -0.2) is 4.79 Å². The Kier molecular flexibility index (Phi) is 4.69. The van der Waals surface area contributed by atoms with Crippen molar-refractivity contribution in [1.29, 1.82) is 0 Å². The quantitative estimate of drug-likeness (QED) is 0.878. The highest BCUT2D eigenvalue weighted by atomic mass is 35.5. The van der Waals surface area contributed by atoms with E-state index in [-0.39, 0.29) is 12.1 Å². The second kappa shape index (κ2) is 6.96. The minimum atomic E-state index is -0.0664. The number of rotatable bonds is 3. The van der Waals surface area contributed by atoms with Gasteiger partial charge in [0, 0.05) is 23.9 Å². The molecular formula is C17H22ClN5OS. The number of hydrogen-bond acceptors (Lipinski definition) is 4. The van der Waals surface area contributed by atoms with Crippen LogP contribution in [0.1, 0.15) is 61.1 Å². The number of urea groups is 1. The molecule has 1 atom stereocenters. The van der Waals surface area contributed by atoms with Crippen LogP contribution < -0.4 is 5.32 Å². The van der Waals surface area contributed by atoms with E-state index >= 15 is 0 Å². The van der Waals surface area contributed by atoms with E-state index in [0.29, 0.717) is 19.0 Å². The van der Waals surface area contributed by atoms with Crippen LogP contribution >= 0.6 is 22.9 Å². The average Bonchev–Trinajstić information content (AvgIpc) is 3.33. The summed E-state index contributed by atoms with van der Waals surface area (Å²) < 4.78 is 2.98. The highest BCUT2D eigenvalue weighted by Crippen LogP contribution is 2.35. The van der Waals surface area contributed by atoms with E-state index in [1.54, 1.807) is 0 Å². The fraction of sp³-hybridized carbons (Fsp3) is 0.588. The Morgan fingerprint density at radius 3 is 2.76 bits per heavy atom. The maximum Gasteiger partial charge on any atom is 0.318 e. The number of hydrogen-bond donors (Lipinski definition) is 1. The average molecular weight is 380 g/mol. The predicted molar refractivity (Wildman–Crippen MR) is 97.9 cm³/mol. The van der Waals surface area contributed by atoms with Crippen molar-refractivity contribution in [1.82, 2.24) is 25.0 Å². The second-order valence-electron chi connectivity index (χ2n) is 6.78. The van der Waals surface area contributed by atoms with Crippen LogP contribution in [0.25, 0.3) is 0 Å². The molecule has 1 saturated carbocycles. The van der Waals surface area contributed by atoms with E-state index in [0.717, 1.165) is 27.4 Å². The minimum absolute atomic E-state index is 0.0614. The van der Waals surface area contributed by atoms with Crippen LogP contribution in [0.4, 0.5) is 4.79 Å². The lowest BCUT2D eigenvalue weighted by molar-refractivity contribution is 0.158. The van der Waals surface area contributed by atoms with Gasteiger partial charge in [-0.05, 0) is 31.9 Å². The first-order valence-corrected chi connectivity index (χ1v) is 10.0. The molecule has 2 aromatic rings. The van der Waals surface area contributed by atoms with E-state index in [1.807, 2.05) is 24.0 Å². The number of halogens is 1. The van der Waals surface area contributed by atoms with Crippen LogP contribution in [0.3, 0.4) is 0 Å². The van der Waals surface area contributed by atoms with Crippen LogP contribution in [-0.2, 0) is 13.1 Å². The predicted octanol–water partition coefficient (Wildman–Crippen LogP) is 3.94. The number of carbonyl (C=O) groups excluding carboxylic acids is 1. The number of nitrogens with zero attached hydrogens (tertiary/aromatic N) is 4. The van der Waals surface area contributed by atoms with Crippen LogP contribution in [0.2, 0.25) is 4.34 Å². The lowest BCUT2D eigenvalue weighted by atomic mass is 10.1. The molecule has 3 heterocycles. The van der Waals surface area contributed by atoms with Crippen LogP contribution in [0.15, 0.2) is 12.1 Å². The molecule has 1 aliphatic heterocycles. The number of thiophene rings is 1. The molecule has 8 heteroatoms. The van der Waals surface area contributed by atoms with Gasteiger partial charge >= 0.3 is 6.03 Å². The van der Waals surface area contributed by atoms with Crippen molar-refractivity contribution in [2.45, 2.75) is 57.7 Å². The van der Waals surface area contributed by atoms with Crippen LogP contribution in [0, 0.1) is 0 Å². The molecule has 2 amide bonds. The van der Waals surface area contributed by atoms with Gasteiger partial charge in [-0.2, -0.15) is 0 Å². The van der Waals surface area contributed by atoms with Crippen molar-refractivity contribution in [3.63, 3.8) is 0 Å². The van der Waals surface area contributed by atoms with Crippen LogP contribution in [-0.4, -0.2) is 32.2 Å². The highest BCUT2D eigenvalue weighted by molar-refractivity contribution is 7.16. The normalized spacial score (nSPS) is 20.7. The summed E-state index contributed by atoms with van der Waals surface area (Å²) >= 11 is 7.43.